The summed E-state index contributed by atoms with van der Waals surface area (Å²) in [6.45, 7) is 15.3. The molecule has 3 aromatic carbocycles. The summed E-state index contributed by atoms with van der Waals surface area (Å²) >= 11 is 0. The molecular formula is C30H36N2O2. The van der Waals surface area contributed by atoms with Crippen LogP contribution in [0.3, 0.4) is 0 Å². The standard InChI is InChI=1S/C30H36N2O2/c1-20-21(2)29-26(27(30(4,5)34-29)23-10-8-7-9-11-23)22(3)28(20)32-18-16-31(17-19-32)24-12-14-25(33-6)15-13-24/h7-15,27H,16-19H2,1-6H3. The van der Waals surface area contributed by atoms with Gasteiger partial charge in [-0.2, -0.15) is 0 Å². The van der Waals surface area contributed by atoms with Gasteiger partial charge in [-0.25, -0.2) is 0 Å². The fourth-order valence-corrected chi connectivity index (χ4v) is 5.95. The number of methoxy groups -OCH3 is 1. The molecule has 1 atom stereocenters. The van der Waals surface area contributed by atoms with Gasteiger partial charge in [0.1, 0.15) is 17.1 Å². The van der Waals surface area contributed by atoms with Crippen LogP contribution in [0.15, 0.2) is 54.6 Å². The summed E-state index contributed by atoms with van der Waals surface area (Å²) in [5, 5.41) is 0. The Labute approximate surface area is 204 Å². The average molecular weight is 457 g/mol. The van der Waals surface area contributed by atoms with Crippen LogP contribution in [-0.2, 0) is 0 Å². The molecule has 2 aliphatic heterocycles. The average Bonchev–Trinajstić information content (AvgIpc) is 3.15. The Bertz CT molecular complexity index is 1180. The van der Waals surface area contributed by atoms with Crippen molar-refractivity contribution in [1.82, 2.24) is 0 Å². The van der Waals surface area contributed by atoms with E-state index in [1.54, 1.807) is 7.11 Å². The number of benzene rings is 3. The van der Waals surface area contributed by atoms with E-state index in [2.05, 4.69) is 86.9 Å². The zero-order valence-electron chi connectivity index (χ0n) is 21.3. The first-order valence-corrected chi connectivity index (χ1v) is 12.3. The van der Waals surface area contributed by atoms with Crippen molar-refractivity contribution in [2.75, 3.05) is 43.1 Å². The third kappa shape index (κ3) is 3.70. The zero-order valence-corrected chi connectivity index (χ0v) is 21.3. The van der Waals surface area contributed by atoms with E-state index in [0.717, 1.165) is 37.7 Å². The van der Waals surface area contributed by atoms with Gasteiger partial charge in [0.05, 0.1) is 13.0 Å². The van der Waals surface area contributed by atoms with Gasteiger partial charge in [0.2, 0.25) is 0 Å². The molecular weight excluding hydrogens is 420 g/mol. The number of hydrogen-bond donors (Lipinski definition) is 0. The molecule has 178 valence electrons. The second kappa shape index (κ2) is 8.57. The van der Waals surface area contributed by atoms with Crippen LogP contribution >= 0.6 is 0 Å². The number of rotatable bonds is 4. The van der Waals surface area contributed by atoms with E-state index in [-0.39, 0.29) is 11.5 Å². The molecule has 34 heavy (non-hydrogen) atoms. The molecule has 2 heterocycles. The summed E-state index contributed by atoms with van der Waals surface area (Å²) in [4.78, 5) is 5.06. The van der Waals surface area contributed by atoms with Gasteiger partial charge in [0.25, 0.3) is 0 Å². The quantitative estimate of drug-likeness (QED) is 0.463. The van der Waals surface area contributed by atoms with Crippen LogP contribution in [0.5, 0.6) is 11.5 Å². The maximum Gasteiger partial charge on any atom is 0.127 e. The lowest BCUT2D eigenvalue weighted by atomic mass is 9.78. The molecule has 1 fully saturated rings. The van der Waals surface area contributed by atoms with Crippen molar-refractivity contribution in [3.63, 3.8) is 0 Å². The first-order chi connectivity index (χ1) is 16.3. The fraction of sp³-hybridized carbons (Fsp3) is 0.400. The third-order valence-electron chi connectivity index (χ3n) is 7.78. The van der Waals surface area contributed by atoms with Crippen LogP contribution in [-0.4, -0.2) is 38.9 Å². The highest BCUT2D eigenvalue weighted by molar-refractivity contribution is 5.72. The van der Waals surface area contributed by atoms with Crippen molar-refractivity contribution >= 4 is 11.4 Å². The van der Waals surface area contributed by atoms with Gasteiger partial charge in [-0.3, -0.25) is 0 Å². The molecule has 3 aromatic rings. The van der Waals surface area contributed by atoms with Crippen molar-refractivity contribution in [2.45, 2.75) is 46.1 Å². The third-order valence-corrected chi connectivity index (χ3v) is 7.78. The van der Waals surface area contributed by atoms with E-state index in [1.165, 1.54) is 39.2 Å². The predicted molar refractivity (Wildman–Crippen MR) is 141 cm³/mol. The summed E-state index contributed by atoms with van der Waals surface area (Å²) in [6.07, 6.45) is 0. The van der Waals surface area contributed by atoms with Gasteiger partial charge in [-0.05, 0) is 81.1 Å². The highest BCUT2D eigenvalue weighted by Crippen LogP contribution is 2.54. The maximum absolute atomic E-state index is 6.65. The highest BCUT2D eigenvalue weighted by Gasteiger charge is 2.45. The summed E-state index contributed by atoms with van der Waals surface area (Å²) in [5.41, 5.74) is 9.07. The zero-order chi connectivity index (χ0) is 24.0. The molecule has 5 rings (SSSR count). The van der Waals surface area contributed by atoms with Crippen LogP contribution < -0.4 is 19.3 Å². The minimum absolute atomic E-state index is 0.224. The lowest BCUT2D eigenvalue weighted by Crippen LogP contribution is -2.47. The normalized spacial score (nSPS) is 19.1. The summed E-state index contributed by atoms with van der Waals surface area (Å²) in [6, 6.07) is 19.3. The van der Waals surface area contributed by atoms with Crippen molar-refractivity contribution in [3.8, 4) is 11.5 Å². The Hall–Kier alpha value is -3.14. The van der Waals surface area contributed by atoms with E-state index in [1.807, 2.05) is 12.1 Å². The first kappa shape index (κ1) is 22.6. The fourth-order valence-electron chi connectivity index (χ4n) is 5.95. The van der Waals surface area contributed by atoms with Crippen molar-refractivity contribution in [2.24, 2.45) is 0 Å². The van der Waals surface area contributed by atoms with Gasteiger partial charge < -0.3 is 19.3 Å². The topological polar surface area (TPSA) is 24.9 Å². The molecule has 2 aliphatic rings. The Morgan fingerprint density at radius 1 is 0.794 bits per heavy atom. The molecule has 1 unspecified atom stereocenters. The molecule has 0 amide bonds. The van der Waals surface area contributed by atoms with Crippen molar-refractivity contribution < 1.29 is 9.47 Å². The first-order valence-electron chi connectivity index (χ1n) is 12.3. The summed E-state index contributed by atoms with van der Waals surface area (Å²) < 4.78 is 12.0. The second-order valence-electron chi connectivity index (χ2n) is 10.2. The van der Waals surface area contributed by atoms with E-state index in [9.17, 15) is 0 Å². The number of ether oxygens (including phenoxy) is 2. The smallest absolute Gasteiger partial charge is 0.127 e. The monoisotopic (exact) mass is 456 g/mol. The molecule has 0 aliphatic carbocycles. The number of anilines is 2. The van der Waals surface area contributed by atoms with Crippen LogP contribution in [0.1, 0.15) is 47.6 Å². The van der Waals surface area contributed by atoms with E-state index in [0.29, 0.717) is 0 Å². The largest absolute Gasteiger partial charge is 0.497 e. The Morgan fingerprint density at radius 3 is 2.03 bits per heavy atom. The molecule has 0 saturated carbocycles. The predicted octanol–water partition coefficient (Wildman–Crippen LogP) is 6.25. The van der Waals surface area contributed by atoms with Crippen LogP contribution in [0.4, 0.5) is 11.4 Å². The minimum Gasteiger partial charge on any atom is -0.497 e. The van der Waals surface area contributed by atoms with Gasteiger partial charge in [-0.1, -0.05) is 30.3 Å². The van der Waals surface area contributed by atoms with E-state index < -0.39 is 0 Å². The van der Waals surface area contributed by atoms with Gasteiger partial charge in [0, 0.05) is 43.1 Å². The second-order valence-corrected chi connectivity index (χ2v) is 10.2. The number of nitrogens with zero attached hydrogens (tertiary/aromatic N) is 2. The van der Waals surface area contributed by atoms with Gasteiger partial charge in [0.15, 0.2) is 0 Å². The van der Waals surface area contributed by atoms with Gasteiger partial charge >= 0.3 is 0 Å². The van der Waals surface area contributed by atoms with Crippen molar-refractivity contribution in [1.29, 1.82) is 0 Å². The number of fused-ring (bicyclic) bond motifs is 1. The SMILES string of the molecule is COc1ccc(N2CCN(c3c(C)c(C)c4c(c3C)C(c3ccccc3)C(C)(C)O4)CC2)cc1. The van der Waals surface area contributed by atoms with Crippen LogP contribution in [0.2, 0.25) is 0 Å². The molecule has 0 bridgehead atoms. The molecule has 4 heteroatoms. The van der Waals surface area contributed by atoms with Gasteiger partial charge in [-0.15, -0.1) is 0 Å². The van der Waals surface area contributed by atoms with Crippen LogP contribution in [0.25, 0.3) is 0 Å². The summed E-state index contributed by atoms with van der Waals surface area (Å²) in [7, 11) is 1.71. The molecule has 0 radical (unpaired) electrons. The Morgan fingerprint density at radius 2 is 1.41 bits per heavy atom. The minimum atomic E-state index is -0.280. The molecule has 4 nitrogen and oxygen atoms in total. The molecule has 1 saturated heterocycles. The molecule has 0 aromatic heterocycles. The Balaban J connectivity index is 1.48. The van der Waals surface area contributed by atoms with Crippen molar-refractivity contribution in [3.05, 3.63) is 82.4 Å². The highest BCUT2D eigenvalue weighted by atomic mass is 16.5. The Kier molecular flexibility index (Phi) is 5.71. The lowest BCUT2D eigenvalue weighted by Gasteiger charge is -2.39. The molecule has 0 spiro atoms. The maximum atomic E-state index is 6.65. The van der Waals surface area contributed by atoms with Crippen LogP contribution in [0, 0.1) is 20.8 Å². The number of hydrogen-bond acceptors (Lipinski definition) is 4. The summed E-state index contributed by atoms with van der Waals surface area (Å²) in [5.74, 6) is 2.22. The molecule has 0 N–H and O–H groups in total. The van der Waals surface area contributed by atoms with E-state index >= 15 is 0 Å². The van der Waals surface area contributed by atoms with E-state index in [4.69, 9.17) is 9.47 Å². The lowest BCUT2D eigenvalue weighted by molar-refractivity contribution is 0.121. The number of piperazine rings is 1.